The van der Waals surface area contributed by atoms with E-state index in [9.17, 15) is 5.11 Å². The third kappa shape index (κ3) is 3.31. The Morgan fingerprint density at radius 3 is 1.96 bits per heavy atom. The smallest absolute Gasteiger partial charge is 0.142 e. The number of imidazole rings is 1. The normalized spacial score (nSPS) is 11.5. The molecule has 0 aliphatic heterocycles. The predicted octanol–water partition coefficient (Wildman–Crippen LogP) is 6.41. The van der Waals surface area contributed by atoms with E-state index in [1.54, 1.807) is 0 Å². The Bertz CT molecular complexity index is 1030. The summed E-state index contributed by atoms with van der Waals surface area (Å²) in [5, 5.41) is 11.0. The summed E-state index contributed by atoms with van der Waals surface area (Å²) in [4.78, 5) is 8.36. The van der Waals surface area contributed by atoms with Crippen molar-refractivity contribution >= 4 is 0 Å². The van der Waals surface area contributed by atoms with E-state index in [-0.39, 0.29) is 11.2 Å². The Balaban J connectivity index is 1.93. The summed E-state index contributed by atoms with van der Waals surface area (Å²) < 4.78 is 0. The number of aromatic hydroxyl groups is 1. The molecule has 140 valence electrons. The molecule has 0 saturated carbocycles. The predicted molar refractivity (Wildman–Crippen MR) is 115 cm³/mol. The molecule has 0 fully saturated rings. The molecule has 28 heavy (non-hydrogen) atoms. The molecule has 0 unspecified atom stereocenters. The van der Waals surface area contributed by atoms with Crippen molar-refractivity contribution < 1.29 is 5.11 Å². The van der Waals surface area contributed by atoms with Gasteiger partial charge in [-0.15, -0.1) is 0 Å². The number of aromatic nitrogens is 2. The Labute approximate surface area is 165 Å². The fourth-order valence-corrected chi connectivity index (χ4v) is 3.46. The maximum Gasteiger partial charge on any atom is 0.142 e. The van der Waals surface area contributed by atoms with Gasteiger partial charge in [0.25, 0.3) is 0 Å². The van der Waals surface area contributed by atoms with Crippen LogP contribution in [-0.2, 0) is 5.41 Å². The number of hydrogen-bond acceptors (Lipinski definition) is 2. The molecular weight excluding hydrogens is 344 g/mol. The zero-order chi connectivity index (χ0) is 19.7. The van der Waals surface area contributed by atoms with Crippen LogP contribution >= 0.6 is 0 Å². The SMILES string of the molecule is CC(C)(C)c1cccc(-c2nc(-c3ccccc3)c(-c3ccccc3)[nH]2)c1O. The summed E-state index contributed by atoms with van der Waals surface area (Å²) in [7, 11) is 0. The zero-order valence-corrected chi connectivity index (χ0v) is 16.4. The van der Waals surface area contributed by atoms with Gasteiger partial charge in [0, 0.05) is 11.1 Å². The lowest BCUT2D eigenvalue weighted by molar-refractivity contribution is 0.448. The highest BCUT2D eigenvalue weighted by Gasteiger charge is 2.23. The largest absolute Gasteiger partial charge is 0.507 e. The third-order valence-corrected chi connectivity index (χ3v) is 4.91. The number of nitrogens with zero attached hydrogens (tertiary/aromatic N) is 1. The van der Waals surface area contributed by atoms with Crippen molar-refractivity contribution in [2.24, 2.45) is 0 Å². The van der Waals surface area contributed by atoms with Crippen molar-refractivity contribution in [2.75, 3.05) is 0 Å². The molecule has 0 saturated heterocycles. The quantitative estimate of drug-likeness (QED) is 0.439. The average molecular weight is 368 g/mol. The number of phenolic OH excluding ortho intramolecular Hbond substituents is 1. The van der Waals surface area contributed by atoms with E-state index in [1.165, 1.54) is 0 Å². The minimum Gasteiger partial charge on any atom is -0.507 e. The van der Waals surface area contributed by atoms with Crippen LogP contribution in [0.5, 0.6) is 5.75 Å². The molecule has 4 aromatic rings. The van der Waals surface area contributed by atoms with Crippen LogP contribution < -0.4 is 0 Å². The van der Waals surface area contributed by atoms with Crippen LogP contribution in [-0.4, -0.2) is 15.1 Å². The first kappa shape index (κ1) is 18.1. The van der Waals surface area contributed by atoms with Gasteiger partial charge in [0.15, 0.2) is 0 Å². The van der Waals surface area contributed by atoms with Gasteiger partial charge in [-0.2, -0.15) is 0 Å². The molecule has 3 heteroatoms. The third-order valence-electron chi connectivity index (χ3n) is 4.91. The van der Waals surface area contributed by atoms with Crippen molar-refractivity contribution in [3.8, 4) is 39.7 Å². The second-order valence-electron chi connectivity index (χ2n) is 7.99. The molecule has 0 spiro atoms. The Morgan fingerprint density at radius 2 is 1.36 bits per heavy atom. The first-order chi connectivity index (χ1) is 13.4. The topological polar surface area (TPSA) is 48.9 Å². The number of phenols is 1. The first-order valence-corrected chi connectivity index (χ1v) is 9.49. The van der Waals surface area contributed by atoms with Gasteiger partial charge >= 0.3 is 0 Å². The Kier molecular flexibility index (Phi) is 4.52. The van der Waals surface area contributed by atoms with Gasteiger partial charge in [0.2, 0.25) is 0 Å². The molecular formula is C25H24N2O. The van der Waals surface area contributed by atoms with Crippen LogP contribution in [0.25, 0.3) is 33.9 Å². The highest BCUT2D eigenvalue weighted by Crippen LogP contribution is 2.39. The average Bonchev–Trinajstić information content (AvgIpc) is 3.14. The summed E-state index contributed by atoms with van der Waals surface area (Å²) in [6.45, 7) is 6.29. The number of aromatic amines is 1. The van der Waals surface area contributed by atoms with E-state index in [2.05, 4.69) is 50.0 Å². The van der Waals surface area contributed by atoms with Crippen LogP contribution in [0.15, 0.2) is 78.9 Å². The minimum absolute atomic E-state index is 0.156. The summed E-state index contributed by atoms with van der Waals surface area (Å²) in [5.41, 5.74) is 5.39. The fraction of sp³-hybridized carbons (Fsp3) is 0.160. The van der Waals surface area contributed by atoms with Crippen LogP contribution in [0.1, 0.15) is 26.3 Å². The van der Waals surface area contributed by atoms with E-state index in [1.807, 2.05) is 54.6 Å². The Morgan fingerprint density at radius 1 is 0.750 bits per heavy atom. The van der Waals surface area contributed by atoms with Gasteiger partial charge in [-0.3, -0.25) is 0 Å². The van der Waals surface area contributed by atoms with Gasteiger partial charge in [-0.05, 0) is 17.0 Å². The summed E-state index contributed by atoms with van der Waals surface area (Å²) in [6, 6.07) is 26.1. The van der Waals surface area contributed by atoms with Crippen LogP contribution in [0.2, 0.25) is 0 Å². The lowest BCUT2D eigenvalue weighted by Crippen LogP contribution is -2.11. The summed E-state index contributed by atoms with van der Waals surface area (Å²) in [5.74, 6) is 0.948. The molecule has 0 atom stereocenters. The highest BCUT2D eigenvalue weighted by molar-refractivity contribution is 5.82. The van der Waals surface area contributed by atoms with E-state index < -0.39 is 0 Å². The number of H-pyrrole nitrogens is 1. The van der Waals surface area contributed by atoms with Crippen LogP contribution in [0.4, 0.5) is 0 Å². The Hall–Kier alpha value is -3.33. The van der Waals surface area contributed by atoms with Crippen LogP contribution in [0, 0.1) is 0 Å². The summed E-state index contributed by atoms with van der Waals surface area (Å²) in [6.07, 6.45) is 0. The lowest BCUT2D eigenvalue weighted by atomic mass is 9.85. The fourth-order valence-electron chi connectivity index (χ4n) is 3.46. The second-order valence-corrected chi connectivity index (χ2v) is 7.99. The molecule has 0 radical (unpaired) electrons. The van der Waals surface area contributed by atoms with E-state index in [0.29, 0.717) is 11.4 Å². The molecule has 3 aromatic carbocycles. The van der Waals surface area contributed by atoms with Crippen molar-refractivity contribution in [3.05, 3.63) is 84.4 Å². The number of nitrogens with one attached hydrogen (secondary N) is 1. The number of hydrogen-bond donors (Lipinski definition) is 2. The van der Waals surface area contributed by atoms with Crippen molar-refractivity contribution in [1.29, 1.82) is 0 Å². The van der Waals surface area contributed by atoms with Crippen molar-refractivity contribution in [2.45, 2.75) is 26.2 Å². The molecule has 2 N–H and O–H groups in total. The standard InChI is InChI=1S/C25H24N2O/c1-25(2,3)20-16-10-15-19(23(20)28)24-26-21(17-11-6-4-7-12-17)22(27-24)18-13-8-5-9-14-18/h4-16,28H,1-3H3,(H,26,27). The van der Waals surface area contributed by atoms with E-state index in [4.69, 9.17) is 4.98 Å². The summed E-state index contributed by atoms with van der Waals surface area (Å²) >= 11 is 0. The molecule has 0 amide bonds. The molecule has 0 aliphatic rings. The molecule has 4 rings (SSSR count). The van der Waals surface area contributed by atoms with Gasteiger partial charge in [-0.25, -0.2) is 4.98 Å². The van der Waals surface area contributed by atoms with Gasteiger partial charge in [0.1, 0.15) is 11.6 Å². The molecule has 1 aromatic heterocycles. The minimum atomic E-state index is -0.156. The second kappa shape index (κ2) is 7.01. The maximum absolute atomic E-state index is 11.0. The van der Waals surface area contributed by atoms with Crippen molar-refractivity contribution in [1.82, 2.24) is 9.97 Å². The van der Waals surface area contributed by atoms with Crippen molar-refractivity contribution in [3.63, 3.8) is 0 Å². The number of para-hydroxylation sites is 1. The molecule has 3 nitrogen and oxygen atoms in total. The van der Waals surface area contributed by atoms with Gasteiger partial charge in [-0.1, -0.05) is 93.6 Å². The number of benzene rings is 3. The first-order valence-electron chi connectivity index (χ1n) is 9.49. The number of rotatable bonds is 3. The molecule has 0 bridgehead atoms. The monoisotopic (exact) mass is 368 g/mol. The molecule has 1 heterocycles. The lowest BCUT2D eigenvalue weighted by Gasteiger charge is -2.21. The maximum atomic E-state index is 11.0. The van der Waals surface area contributed by atoms with Gasteiger partial charge in [0.05, 0.1) is 17.0 Å². The zero-order valence-electron chi connectivity index (χ0n) is 16.4. The van der Waals surface area contributed by atoms with Gasteiger partial charge < -0.3 is 10.1 Å². The van der Waals surface area contributed by atoms with E-state index >= 15 is 0 Å². The van der Waals surface area contributed by atoms with Crippen LogP contribution in [0.3, 0.4) is 0 Å². The van der Waals surface area contributed by atoms with E-state index in [0.717, 1.165) is 28.1 Å². The molecule has 0 aliphatic carbocycles. The highest BCUT2D eigenvalue weighted by atomic mass is 16.3.